The molecule has 0 amide bonds. The number of ketones is 1. The standard InChI is InChI=1S/C35H39F3N2O5/c1-22(41)45-21-31(42)34(13-14-35(36,37)38)12-11-30-28-9-5-24-19-25(39-43)6-10-27(24)32(28)29(20-33(30,34)2)23-3-7-26(8-4-23)40-15-17-44-18-16-40/h3-4,7-8,19,25,28-30H,5-6,9-12,15-18,20-21H2,1-2H3/t25?,28-,29?,30-,33-,34-/m0/s1. The summed E-state index contributed by atoms with van der Waals surface area (Å²) in [5, 5.41) is 3.30. The molecular weight excluding hydrogens is 585 g/mol. The summed E-state index contributed by atoms with van der Waals surface area (Å²) in [4.78, 5) is 39.3. The van der Waals surface area contributed by atoms with Gasteiger partial charge in [-0.1, -0.05) is 41.8 Å². The molecule has 5 aliphatic rings. The van der Waals surface area contributed by atoms with Crippen LogP contribution in [0.4, 0.5) is 18.9 Å². The number of alkyl halides is 3. The summed E-state index contributed by atoms with van der Waals surface area (Å²) in [7, 11) is 0. The second-order valence-corrected chi connectivity index (χ2v) is 13.3. The Morgan fingerprint density at radius 2 is 1.84 bits per heavy atom. The van der Waals surface area contributed by atoms with Crippen molar-refractivity contribution in [1.29, 1.82) is 0 Å². The highest BCUT2D eigenvalue weighted by Crippen LogP contribution is 2.69. The van der Waals surface area contributed by atoms with Gasteiger partial charge in [-0.05, 0) is 91.0 Å². The van der Waals surface area contributed by atoms with Crippen molar-refractivity contribution in [3.63, 3.8) is 0 Å². The molecule has 0 spiro atoms. The number of fused-ring (bicyclic) bond motifs is 4. The third-order valence-electron chi connectivity index (χ3n) is 11.2. The summed E-state index contributed by atoms with van der Waals surface area (Å²) in [5.74, 6) is 2.55. The number of hydrogen-bond acceptors (Lipinski definition) is 7. The third-order valence-corrected chi connectivity index (χ3v) is 11.2. The average Bonchev–Trinajstić information content (AvgIpc) is 3.34. The molecule has 0 N–H and O–H groups in total. The number of allylic oxidation sites excluding steroid dienone is 3. The largest absolute Gasteiger partial charge is 0.458 e. The van der Waals surface area contributed by atoms with Crippen LogP contribution in [0.3, 0.4) is 0 Å². The Bertz CT molecular complexity index is 1480. The molecule has 1 saturated heterocycles. The van der Waals surface area contributed by atoms with Crippen molar-refractivity contribution < 1.29 is 32.2 Å². The van der Waals surface area contributed by atoms with Crippen LogP contribution in [0.1, 0.15) is 70.3 Å². The van der Waals surface area contributed by atoms with Gasteiger partial charge >= 0.3 is 12.1 Å². The lowest BCUT2D eigenvalue weighted by Gasteiger charge is -2.54. The van der Waals surface area contributed by atoms with Gasteiger partial charge in [-0.2, -0.15) is 18.1 Å². The number of hydrogen-bond donors (Lipinski definition) is 0. The van der Waals surface area contributed by atoms with E-state index in [2.05, 4.69) is 40.3 Å². The molecule has 45 heavy (non-hydrogen) atoms. The Labute approximate surface area is 261 Å². The Hall–Kier alpha value is -3.45. The molecule has 0 bridgehead atoms. The predicted octanol–water partition coefficient (Wildman–Crippen LogP) is 6.67. The molecule has 1 aliphatic heterocycles. The van der Waals surface area contributed by atoms with Crippen LogP contribution in [0.5, 0.6) is 0 Å². The molecule has 2 saturated carbocycles. The topological polar surface area (TPSA) is 85.3 Å². The molecule has 7 nitrogen and oxygen atoms in total. The monoisotopic (exact) mass is 624 g/mol. The maximum Gasteiger partial charge on any atom is 0.457 e. The van der Waals surface area contributed by atoms with Crippen LogP contribution in [0.15, 0.2) is 52.2 Å². The van der Waals surface area contributed by atoms with Crippen LogP contribution in [0.25, 0.3) is 0 Å². The van der Waals surface area contributed by atoms with Gasteiger partial charge in [0.1, 0.15) is 6.04 Å². The number of carbonyl (C=O) groups is 2. The minimum atomic E-state index is -4.77. The summed E-state index contributed by atoms with van der Waals surface area (Å²) >= 11 is 0. The minimum Gasteiger partial charge on any atom is -0.458 e. The van der Waals surface area contributed by atoms with Gasteiger partial charge in [0.05, 0.1) is 18.6 Å². The SMILES string of the molecule is CC(=O)OCC(=O)[C@@]1(C#CC(F)(F)F)CC[C@H]2[C@@H]3CCC4=CC(N=O)CCC4=C3C(c3ccc(N4CCOCC4)cc3)C[C@@]21C. The molecule has 1 aromatic rings. The maximum atomic E-state index is 13.9. The van der Waals surface area contributed by atoms with Gasteiger partial charge in [0.25, 0.3) is 0 Å². The number of nitroso groups, excluding NO2 is 1. The summed E-state index contributed by atoms with van der Waals surface area (Å²) < 4.78 is 51.5. The van der Waals surface area contributed by atoms with E-state index >= 15 is 0 Å². The Morgan fingerprint density at radius 1 is 1.11 bits per heavy atom. The number of morpholine rings is 1. The molecule has 6 atom stereocenters. The number of benzene rings is 1. The van der Waals surface area contributed by atoms with Crippen LogP contribution in [0.2, 0.25) is 0 Å². The Morgan fingerprint density at radius 3 is 2.51 bits per heavy atom. The summed E-state index contributed by atoms with van der Waals surface area (Å²) in [6.07, 6.45) is 1.29. The van der Waals surface area contributed by atoms with Gasteiger partial charge < -0.3 is 14.4 Å². The predicted molar refractivity (Wildman–Crippen MR) is 162 cm³/mol. The summed E-state index contributed by atoms with van der Waals surface area (Å²) in [6.45, 7) is 5.44. The third kappa shape index (κ3) is 5.73. The fraction of sp³-hybridized carbons (Fsp3) is 0.600. The van der Waals surface area contributed by atoms with E-state index in [0.717, 1.165) is 49.2 Å². The van der Waals surface area contributed by atoms with Gasteiger partial charge in [-0.3, -0.25) is 9.59 Å². The van der Waals surface area contributed by atoms with Gasteiger partial charge in [0, 0.05) is 37.5 Å². The molecule has 1 heterocycles. The second kappa shape index (κ2) is 12.1. The molecule has 0 radical (unpaired) electrons. The molecule has 1 aromatic carbocycles. The highest BCUT2D eigenvalue weighted by atomic mass is 19.4. The van der Waals surface area contributed by atoms with Gasteiger partial charge in [0.15, 0.2) is 12.4 Å². The van der Waals surface area contributed by atoms with E-state index in [4.69, 9.17) is 9.47 Å². The number of rotatable bonds is 6. The highest BCUT2D eigenvalue weighted by Gasteiger charge is 2.65. The second-order valence-electron chi connectivity index (χ2n) is 13.3. The maximum absolute atomic E-state index is 13.9. The lowest BCUT2D eigenvalue weighted by Crippen LogP contribution is -2.51. The van der Waals surface area contributed by atoms with E-state index in [9.17, 15) is 27.7 Å². The zero-order valence-electron chi connectivity index (χ0n) is 25.8. The van der Waals surface area contributed by atoms with Gasteiger partial charge in [-0.25, -0.2) is 0 Å². The Balaban J connectivity index is 1.47. The van der Waals surface area contributed by atoms with E-state index in [0.29, 0.717) is 32.5 Å². The van der Waals surface area contributed by atoms with Crippen molar-refractivity contribution >= 4 is 17.4 Å². The van der Waals surface area contributed by atoms with Gasteiger partial charge in [-0.15, -0.1) is 0 Å². The lowest BCUT2D eigenvalue weighted by atomic mass is 9.48. The Kier molecular flexibility index (Phi) is 8.44. The summed E-state index contributed by atoms with van der Waals surface area (Å²) in [6, 6.07) is 8.06. The molecular formula is C35H39F3N2O5. The molecule has 6 rings (SSSR count). The fourth-order valence-electron chi connectivity index (χ4n) is 9.13. The molecule has 10 heteroatoms. The molecule has 4 aliphatic carbocycles. The van der Waals surface area contributed by atoms with E-state index in [1.165, 1.54) is 24.0 Å². The number of Topliss-reactive ketones (excluding diaryl/α,β-unsaturated/α-hetero) is 1. The van der Waals surface area contributed by atoms with E-state index < -0.39 is 35.4 Å². The zero-order chi connectivity index (χ0) is 32.0. The van der Waals surface area contributed by atoms with Crippen molar-refractivity contribution in [2.45, 2.75) is 76.9 Å². The van der Waals surface area contributed by atoms with Crippen LogP contribution in [0, 0.1) is 39.4 Å². The van der Waals surface area contributed by atoms with Crippen molar-refractivity contribution in [2.24, 2.45) is 27.8 Å². The number of esters is 1. The number of halogens is 3. The van der Waals surface area contributed by atoms with Crippen LogP contribution in [-0.2, 0) is 19.1 Å². The zero-order valence-corrected chi connectivity index (χ0v) is 25.8. The van der Waals surface area contributed by atoms with Crippen LogP contribution < -0.4 is 4.90 Å². The smallest absolute Gasteiger partial charge is 0.457 e. The van der Waals surface area contributed by atoms with E-state index in [-0.39, 0.29) is 30.2 Å². The number of ether oxygens (including phenoxy) is 2. The molecule has 2 unspecified atom stereocenters. The first-order valence-corrected chi connectivity index (χ1v) is 15.9. The van der Waals surface area contributed by atoms with Crippen molar-refractivity contribution in [3.05, 3.63) is 57.5 Å². The van der Waals surface area contributed by atoms with Crippen LogP contribution >= 0.6 is 0 Å². The fourth-order valence-corrected chi connectivity index (χ4v) is 9.13. The molecule has 3 fully saturated rings. The number of nitrogens with zero attached hydrogens (tertiary/aromatic N) is 2. The average molecular weight is 625 g/mol. The normalized spacial score (nSPS) is 32.7. The van der Waals surface area contributed by atoms with Gasteiger partial charge in [0.2, 0.25) is 0 Å². The van der Waals surface area contributed by atoms with Crippen molar-refractivity contribution in [2.75, 3.05) is 37.8 Å². The molecule has 240 valence electrons. The number of anilines is 1. The quantitative estimate of drug-likeness (QED) is 0.200. The number of carbonyl (C=O) groups excluding carboxylic acids is 2. The van der Waals surface area contributed by atoms with E-state index in [1.807, 2.05) is 13.0 Å². The first-order valence-electron chi connectivity index (χ1n) is 15.9. The summed E-state index contributed by atoms with van der Waals surface area (Å²) in [5.41, 5.74) is 3.33. The molecule has 0 aromatic heterocycles. The lowest BCUT2D eigenvalue weighted by molar-refractivity contribution is -0.150. The highest BCUT2D eigenvalue weighted by molar-refractivity contribution is 5.92. The van der Waals surface area contributed by atoms with E-state index in [1.54, 1.807) is 0 Å². The van der Waals surface area contributed by atoms with Crippen molar-refractivity contribution in [3.8, 4) is 11.8 Å². The minimum absolute atomic E-state index is 0.0525. The first kappa shape index (κ1) is 31.5. The van der Waals surface area contributed by atoms with Crippen LogP contribution in [-0.4, -0.2) is 56.9 Å². The first-order chi connectivity index (χ1) is 21.5. The van der Waals surface area contributed by atoms with Crippen molar-refractivity contribution in [1.82, 2.24) is 0 Å².